The van der Waals surface area contributed by atoms with Crippen LogP contribution >= 0.6 is 0 Å². The summed E-state index contributed by atoms with van der Waals surface area (Å²) in [5.41, 5.74) is 4.02. The van der Waals surface area contributed by atoms with E-state index in [0.717, 1.165) is 25.4 Å². The van der Waals surface area contributed by atoms with Gasteiger partial charge in [-0.25, -0.2) is 0 Å². The quantitative estimate of drug-likeness (QED) is 0.925. The zero-order valence-corrected chi connectivity index (χ0v) is 12.2. The highest BCUT2D eigenvalue weighted by Crippen LogP contribution is 2.30. The Morgan fingerprint density at radius 3 is 3.05 bits per heavy atom. The highest BCUT2D eigenvalue weighted by atomic mass is 16.3. The molecule has 1 aromatic carbocycles. The summed E-state index contributed by atoms with van der Waals surface area (Å²) in [5, 5.41) is 3.15. The van der Waals surface area contributed by atoms with E-state index in [4.69, 9.17) is 4.42 Å². The maximum absolute atomic E-state index is 5.69. The minimum atomic E-state index is 0.691. The summed E-state index contributed by atoms with van der Waals surface area (Å²) in [5.74, 6) is 1.73. The fourth-order valence-electron chi connectivity index (χ4n) is 3.05. The van der Waals surface area contributed by atoms with Gasteiger partial charge in [0.15, 0.2) is 0 Å². The molecule has 1 atom stereocenters. The Hall–Kier alpha value is -1.74. The van der Waals surface area contributed by atoms with Crippen LogP contribution in [0.4, 0.5) is 5.69 Å². The van der Waals surface area contributed by atoms with Crippen LogP contribution in [0.5, 0.6) is 0 Å². The van der Waals surface area contributed by atoms with Gasteiger partial charge in [0, 0.05) is 24.3 Å². The van der Waals surface area contributed by atoms with Crippen molar-refractivity contribution in [3.63, 3.8) is 0 Å². The van der Waals surface area contributed by atoms with Gasteiger partial charge in [-0.1, -0.05) is 25.1 Å². The van der Waals surface area contributed by atoms with Crippen LogP contribution in [0.1, 0.15) is 23.8 Å². The molecular weight excluding hydrogens is 248 g/mol. The third kappa shape index (κ3) is 2.73. The largest absolute Gasteiger partial charge is 0.467 e. The van der Waals surface area contributed by atoms with E-state index in [2.05, 4.69) is 47.5 Å². The molecule has 0 amide bonds. The molecule has 0 bridgehead atoms. The third-order valence-electron chi connectivity index (χ3n) is 3.87. The van der Waals surface area contributed by atoms with E-state index >= 15 is 0 Å². The lowest BCUT2D eigenvalue weighted by molar-refractivity contribution is 0.472. The van der Waals surface area contributed by atoms with Crippen LogP contribution in [-0.4, -0.2) is 13.6 Å². The van der Waals surface area contributed by atoms with Crippen molar-refractivity contribution in [2.45, 2.75) is 26.4 Å². The number of anilines is 1. The Balaban J connectivity index is 1.79. The first-order chi connectivity index (χ1) is 9.76. The first kappa shape index (κ1) is 13.3. The van der Waals surface area contributed by atoms with Crippen molar-refractivity contribution >= 4 is 5.69 Å². The molecule has 1 N–H and O–H groups in total. The van der Waals surface area contributed by atoms with Crippen LogP contribution in [0.2, 0.25) is 0 Å². The molecule has 1 aliphatic rings. The highest BCUT2D eigenvalue weighted by molar-refractivity contribution is 5.55. The molecule has 2 aromatic rings. The number of fused-ring (bicyclic) bond motifs is 1. The average Bonchev–Trinajstić information content (AvgIpc) is 2.86. The van der Waals surface area contributed by atoms with Crippen molar-refractivity contribution in [2.75, 3.05) is 18.5 Å². The minimum Gasteiger partial charge on any atom is -0.467 e. The monoisotopic (exact) mass is 270 g/mol. The lowest BCUT2D eigenvalue weighted by Gasteiger charge is -2.34. The third-order valence-corrected chi connectivity index (χ3v) is 3.87. The normalized spacial score (nSPS) is 18.1. The first-order valence-electron chi connectivity index (χ1n) is 7.30. The summed E-state index contributed by atoms with van der Waals surface area (Å²) < 4.78 is 5.69. The van der Waals surface area contributed by atoms with Crippen molar-refractivity contribution in [3.05, 3.63) is 53.5 Å². The van der Waals surface area contributed by atoms with Gasteiger partial charge in [-0.05, 0) is 37.1 Å². The molecule has 0 saturated carbocycles. The zero-order valence-electron chi connectivity index (χ0n) is 12.2. The molecule has 3 nitrogen and oxygen atoms in total. The molecule has 106 valence electrons. The Bertz CT molecular complexity index is 576. The van der Waals surface area contributed by atoms with Crippen LogP contribution in [0, 0.1) is 5.92 Å². The van der Waals surface area contributed by atoms with Gasteiger partial charge in [0.1, 0.15) is 5.76 Å². The van der Waals surface area contributed by atoms with E-state index < -0.39 is 0 Å². The van der Waals surface area contributed by atoms with E-state index in [1.807, 2.05) is 13.3 Å². The van der Waals surface area contributed by atoms with E-state index in [1.165, 1.54) is 23.2 Å². The van der Waals surface area contributed by atoms with E-state index in [0.29, 0.717) is 5.92 Å². The predicted molar refractivity (Wildman–Crippen MR) is 81.8 cm³/mol. The van der Waals surface area contributed by atoms with Crippen molar-refractivity contribution in [1.82, 2.24) is 5.32 Å². The van der Waals surface area contributed by atoms with Crippen molar-refractivity contribution < 1.29 is 4.42 Å². The SMILES string of the molecule is CNCc1coc(CN2CC(C)Cc3ccccc32)c1. The second kappa shape index (κ2) is 5.71. The van der Waals surface area contributed by atoms with Gasteiger partial charge in [-0.15, -0.1) is 0 Å². The zero-order chi connectivity index (χ0) is 13.9. The summed E-state index contributed by atoms with van der Waals surface area (Å²) >= 11 is 0. The van der Waals surface area contributed by atoms with Crippen LogP contribution < -0.4 is 10.2 Å². The number of benzene rings is 1. The fourth-order valence-corrected chi connectivity index (χ4v) is 3.05. The number of furan rings is 1. The van der Waals surface area contributed by atoms with Crippen molar-refractivity contribution in [2.24, 2.45) is 5.92 Å². The molecule has 3 heteroatoms. The van der Waals surface area contributed by atoms with Gasteiger partial charge in [0.05, 0.1) is 12.8 Å². The maximum Gasteiger partial charge on any atom is 0.123 e. The number of para-hydroxylation sites is 1. The molecule has 1 unspecified atom stereocenters. The molecule has 2 heterocycles. The molecule has 1 aromatic heterocycles. The Labute approximate surface area is 120 Å². The lowest BCUT2D eigenvalue weighted by Crippen LogP contribution is -2.33. The molecule has 1 aliphatic heterocycles. The summed E-state index contributed by atoms with van der Waals surface area (Å²) in [7, 11) is 1.95. The van der Waals surface area contributed by atoms with Gasteiger partial charge in [0.25, 0.3) is 0 Å². The fraction of sp³-hybridized carbons (Fsp3) is 0.412. The molecule has 0 saturated heterocycles. The summed E-state index contributed by atoms with van der Waals surface area (Å²) in [6.07, 6.45) is 3.03. The molecule has 0 radical (unpaired) electrons. The van der Waals surface area contributed by atoms with Gasteiger partial charge in [0.2, 0.25) is 0 Å². The predicted octanol–water partition coefficient (Wildman–Crippen LogP) is 3.20. The smallest absolute Gasteiger partial charge is 0.123 e. The van der Waals surface area contributed by atoms with E-state index in [-0.39, 0.29) is 0 Å². The number of hydrogen-bond acceptors (Lipinski definition) is 3. The van der Waals surface area contributed by atoms with Gasteiger partial charge >= 0.3 is 0 Å². The van der Waals surface area contributed by atoms with E-state index in [1.54, 1.807) is 0 Å². The Morgan fingerprint density at radius 1 is 1.35 bits per heavy atom. The van der Waals surface area contributed by atoms with Crippen molar-refractivity contribution in [3.8, 4) is 0 Å². The van der Waals surface area contributed by atoms with Crippen LogP contribution in [-0.2, 0) is 19.5 Å². The second-order valence-corrected chi connectivity index (χ2v) is 5.77. The molecule has 0 aliphatic carbocycles. The first-order valence-corrected chi connectivity index (χ1v) is 7.30. The van der Waals surface area contributed by atoms with E-state index in [9.17, 15) is 0 Å². The second-order valence-electron chi connectivity index (χ2n) is 5.77. The average molecular weight is 270 g/mol. The number of nitrogens with zero attached hydrogens (tertiary/aromatic N) is 1. The minimum absolute atomic E-state index is 0.691. The standard InChI is InChI=1S/C17H22N2O/c1-13-7-15-5-3-4-6-17(15)19(10-13)11-16-8-14(9-18-2)12-20-16/h3-6,8,12-13,18H,7,9-11H2,1-2H3. The Morgan fingerprint density at radius 2 is 2.20 bits per heavy atom. The molecule has 0 spiro atoms. The van der Waals surface area contributed by atoms with Crippen molar-refractivity contribution in [1.29, 1.82) is 0 Å². The van der Waals surface area contributed by atoms with Crippen LogP contribution in [0.3, 0.4) is 0 Å². The topological polar surface area (TPSA) is 28.4 Å². The van der Waals surface area contributed by atoms with Gasteiger partial charge in [-0.3, -0.25) is 0 Å². The van der Waals surface area contributed by atoms with Gasteiger partial charge in [-0.2, -0.15) is 0 Å². The number of hydrogen-bond donors (Lipinski definition) is 1. The summed E-state index contributed by atoms with van der Waals surface area (Å²) in [6, 6.07) is 10.9. The maximum atomic E-state index is 5.69. The lowest BCUT2D eigenvalue weighted by atomic mass is 9.94. The Kier molecular flexibility index (Phi) is 3.79. The van der Waals surface area contributed by atoms with Crippen LogP contribution in [0.25, 0.3) is 0 Å². The summed E-state index contributed by atoms with van der Waals surface area (Å²) in [4.78, 5) is 2.44. The summed E-state index contributed by atoms with van der Waals surface area (Å²) in [6.45, 7) is 5.12. The molecular formula is C17H22N2O. The van der Waals surface area contributed by atoms with Crippen LogP contribution in [0.15, 0.2) is 41.0 Å². The molecule has 0 fully saturated rings. The number of rotatable bonds is 4. The van der Waals surface area contributed by atoms with Gasteiger partial charge < -0.3 is 14.6 Å². The highest BCUT2D eigenvalue weighted by Gasteiger charge is 2.22. The number of nitrogens with one attached hydrogen (secondary N) is 1. The molecule has 20 heavy (non-hydrogen) atoms. The molecule has 3 rings (SSSR count).